The van der Waals surface area contributed by atoms with E-state index in [2.05, 4.69) is 43.1 Å². The second kappa shape index (κ2) is 7.12. The maximum absolute atomic E-state index is 12.7. The van der Waals surface area contributed by atoms with Gasteiger partial charge >= 0.3 is 0 Å². The Labute approximate surface area is 169 Å². The lowest BCUT2D eigenvalue weighted by Crippen LogP contribution is -3.10. The van der Waals surface area contributed by atoms with E-state index in [0.717, 1.165) is 42.0 Å². The summed E-state index contributed by atoms with van der Waals surface area (Å²) in [6, 6.07) is 9.73. The van der Waals surface area contributed by atoms with E-state index in [-0.39, 0.29) is 5.56 Å². The quantitative estimate of drug-likeness (QED) is 0.674. The van der Waals surface area contributed by atoms with E-state index in [9.17, 15) is 4.79 Å². The minimum atomic E-state index is 0.0656. The van der Waals surface area contributed by atoms with Gasteiger partial charge < -0.3 is 9.88 Å². The zero-order valence-corrected chi connectivity index (χ0v) is 17.5. The molecule has 28 heavy (non-hydrogen) atoms. The van der Waals surface area contributed by atoms with Crippen LogP contribution in [0.2, 0.25) is 0 Å². The molecule has 1 aromatic carbocycles. The third-order valence-electron chi connectivity index (χ3n) is 6.25. The molecule has 2 aliphatic rings. The lowest BCUT2D eigenvalue weighted by Gasteiger charge is -2.19. The summed E-state index contributed by atoms with van der Waals surface area (Å²) in [7, 11) is 0. The van der Waals surface area contributed by atoms with Gasteiger partial charge in [0.25, 0.3) is 5.56 Å². The van der Waals surface area contributed by atoms with Crippen molar-refractivity contribution in [2.24, 2.45) is 0 Å². The first-order valence-electron chi connectivity index (χ1n) is 10.6. The van der Waals surface area contributed by atoms with Crippen LogP contribution in [0.15, 0.2) is 29.1 Å². The van der Waals surface area contributed by atoms with E-state index >= 15 is 0 Å². The van der Waals surface area contributed by atoms with Gasteiger partial charge in [0.2, 0.25) is 0 Å². The van der Waals surface area contributed by atoms with Crippen LogP contribution < -0.4 is 10.5 Å². The summed E-state index contributed by atoms with van der Waals surface area (Å²) >= 11 is 1.73. The van der Waals surface area contributed by atoms with Crippen LogP contribution in [0.3, 0.4) is 0 Å². The number of nitrogens with zero attached hydrogens (tertiary/aromatic N) is 1. The van der Waals surface area contributed by atoms with E-state index in [4.69, 9.17) is 4.98 Å². The molecular weight excluding hydrogens is 366 g/mol. The second-order valence-corrected chi connectivity index (χ2v) is 9.82. The lowest BCUT2D eigenvalue weighted by molar-refractivity contribution is -0.939. The largest absolute Gasteiger partial charge is 0.322 e. The van der Waals surface area contributed by atoms with Gasteiger partial charge in [0.15, 0.2) is 5.82 Å². The fourth-order valence-electron chi connectivity index (χ4n) is 4.47. The summed E-state index contributed by atoms with van der Waals surface area (Å²) in [5, 5.41) is 0.860. The lowest BCUT2D eigenvalue weighted by atomic mass is 10.0. The van der Waals surface area contributed by atoms with Gasteiger partial charge in [-0.3, -0.25) is 4.79 Å². The predicted octanol–water partition coefficient (Wildman–Crippen LogP) is 3.34. The molecule has 3 aromatic rings. The zero-order valence-electron chi connectivity index (χ0n) is 16.7. The molecule has 5 heteroatoms. The van der Waals surface area contributed by atoms with Gasteiger partial charge in [0, 0.05) is 23.3 Å². The summed E-state index contributed by atoms with van der Waals surface area (Å²) in [6.07, 6.45) is 5.87. The third-order valence-corrected chi connectivity index (χ3v) is 7.44. The van der Waals surface area contributed by atoms with E-state index in [1.807, 2.05) is 0 Å². The molecule has 0 radical (unpaired) electrons. The van der Waals surface area contributed by atoms with Crippen LogP contribution in [0.1, 0.15) is 66.4 Å². The molecule has 0 aliphatic heterocycles. The molecule has 5 rings (SSSR count). The van der Waals surface area contributed by atoms with Crippen molar-refractivity contribution in [2.45, 2.75) is 71.0 Å². The number of fused-ring (bicyclic) bond motifs is 3. The number of aryl methyl sites for hydroxylation is 2. The van der Waals surface area contributed by atoms with Crippen LogP contribution in [0.4, 0.5) is 0 Å². The Morgan fingerprint density at radius 1 is 1.18 bits per heavy atom. The predicted molar refractivity (Wildman–Crippen MR) is 114 cm³/mol. The average molecular weight is 395 g/mol. The monoisotopic (exact) mass is 394 g/mol. The highest BCUT2D eigenvalue weighted by Gasteiger charge is 2.34. The van der Waals surface area contributed by atoms with Gasteiger partial charge in [-0.1, -0.05) is 38.1 Å². The van der Waals surface area contributed by atoms with Crippen molar-refractivity contribution in [3.05, 3.63) is 62.0 Å². The SMILES string of the molecule is CC(C)c1ccc(C[NH+](Cc2nc3sc4c(c3c(=O)[nH]2)CCC4)C2CC2)cc1. The standard InChI is InChI=1S/C23H27N3OS/c1-14(2)16-8-6-15(7-9-16)12-26(17-10-11-17)13-20-24-22(27)21-18-4-3-5-19(18)28-23(21)25-20/h6-9,14,17H,3-5,10-13H2,1-2H3,(H,24,25,27)/p+1. The fraction of sp³-hybridized carbons (Fsp3) is 0.478. The summed E-state index contributed by atoms with van der Waals surface area (Å²) in [6.45, 7) is 6.25. The highest BCUT2D eigenvalue weighted by atomic mass is 32.1. The molecule has 2 aromatic heterocycles. The van der Waals surface area contributed by atoms with Gasteiger partial charge in [-0.15, -0.1) is 11.3 Å². The van der Waals surface area contributed by atoms with Gasteiger partial charge in [-0.25, -0.2) is 4.98 Å². The number of rotatable bonds is 6. The number of quaternary nitrogens is 1. The van der Waals surface area contributed by atoms with Gasteiger partial charge in [-0.05, 0) is 36.3 Å². The first-order chi connectivity index (χ1) is 13.6. The Morgan fingerprint density at radius 2 is 1.96 bits per heavy atom. The molecule has 0 bridgehead atoms. The maximum atomic E-state index is 12.7. The molecule has 1 fully saturated rings. The topological polar surface area (TPSA) is 50.2 Å². The van der Waals surface area contributed by atoms with Crippen LogP contribution in [-0.2, 0) is 25.9 Å². The number of benzene rings is 1. The number of nitrogens with one attached hydrogen (secondary N) is 2. The van der Waals surface area contributed by atoms with E-state index < -0.39 is 0 Å². The molecule has 1 saturated carbocycles. The number of H-pyrrole nitrogens is 1. The third kappa shape index (κ3) is 3.42. The van der Waals surface area contributed by atoms with Crippen LogP contribution in [-0.4, -0.2) is 16.0 Å². The van der Waals surface area contributed by atoms with Crippen molar-refractivity contribution in [1.29, 1.82) is 0 Å². The van der Waals surface area contributed by atoms with Gasteiger partial charge in [0.05, 0.1) is 11.4 Å². The molecule has 0 amide bonds. The average Bonchev–Trinajstić information content (AvgIpc) is 3.32. The summed E-state index contributed by atoms with van der Waals surface area (Å²) in [5.74, 6) is 1.41. The first-order valence-corrected chi connectivity index (χ1v) is 11.4. The highest BCUT2D eigenvalue weighted by molar-refractivity contribution is 7.18. The van der Waals surface area contributed by atoms with Gasteiger partial charge in [0.1, 0.15) is 17.9 Å². The summed E-state index contributed by atoms with van der Waals surface area (Å²) in [4.78, 5) is 24.6. The molecule has 4 nitrogen and oxygen atoms in total. The molecule has 146 valence electrons. The Hall–Kier alpha value is -1.98. The molecule has 2 N–H and O–H groups in total. The maximum Gasteiger partial charge on any atom is 0.260 e. The zero-order chi connectivity index (χ0) is 19.3. The number of hydrogen-bond acceptors (Lipinski definition) is 3. The number of aromatic nitrogens is 2. The van der Waals surface area contributed by atoms with Crippen LogP contribution in [0.5, 0.6) is 0 Å². The Morgan fingerprint density at radius 3 is 2.68 bits per heavy atom. The summed E-state index contributed by atoms with van der Waals surface area (Å²) < 4.78 is 0. The van der Waals surface area contributed by atoms with Crippen molar-refractivity contribution in [3.8, 4) is 0 Å². The Bertz CT molecular complexity index is 1060. The van der Waals surface area contributed by atoms with Crippen molar-refractivity contribution in [3.63, 3.8) is 0 Å². The summed E-state index contributed by atoms with van der Waals surface area (Å²) in [5.41, 5.74) is 4.08. The molecule has 2 heterocycles. The van der Waals surface area contributed by atoms with Crippen LogP contribution >= 0.6 is 11.3 Å². The number of hydrogen-bond donors (Lipinski definition) is 2. The first kappa shape index (κ1) is 18.1. The van der Waals surface area contributed by atoms with Crippen LogP contribution in [0.25, 0.3) is 10.2 Å². The van der Waals surface area contributed by atoms with Gasteiger partial charge in [-0.2, -0.15) is 0 Å². The molecule has 2 aliphatic carbocycles. The van der Waals surface area contributed by atoms with Crippen molar-refractivity contribution < 1.29 is 4.90 Å². The van der Waals surface area contributed by atoms with Crippen molar-refractivity contribution >= 4 is 21.6 Å². The van der Waals surface area contributed by atoms with Crippen LogP contribution in [0, 0.1) is 0 Å². The van der Waals surface area contributed by atoms with E-state index in [0.29, 0.717) is 12.0 Å². The minimum Gasteiger partial charge on any atom is -0.322 e. The molecule has 0 spiro atoms. The van der Waals surface area contributed by atoms with E-state index in [1.165, 1.54) is 45.7 Å². The Kier molecular flexibility index (Phi) is 4.60. The van der Waals surface area contributed by atoms with E-state index in [1.54, 1.807) is 11.3 Å². The smallest absolute Gasteiger partial charge is 0.260 e. The number of aromatic amines is 1. The fourth-order valence-corrected chi connectivity index (χ4v) is 5.75. The molecule has 0 saturated heterocycles. The Balaban J connectivity index is 1.39. The molecular formula is C23H28N3OS+. The normalized spacial score (nSPS) is 17.4. The van der Waals surface area contributed by atoms with Crippen molar-refractivity contribution in [2.75, 3.05) is 0 Å². The highest BCUT2D eigenvalue weighted by Crippen LogP contribution is 2.34. The molecule has 1 unspecified atom stereocenters. The second-order valence-electron chi connectivity index (χ2n) is 8.73. The minimum absolute atomic E-state index is 0.0656. The van der Waals surface area contributed by atoms with Crippen molar-refractivity contribution in [1.82, 2.24) is 9.97 Å². The number of thiophene rings is 1. The molecule has 1 atom stereocenters.